The number of carbonyl (C=O) groups is 2. The first-order valence-corrected chi connectivity index (χ1v) is 9.49. The summed E-state index contributed by atoms with van der Waals surface area (Å²) < 4.78 is 11.2. The van der Waals surface area contributed by atoms with Gasteiger partial charge in [0.15, 0.2) is 0 Å². The number of furan rings is 1. The predicted octanol–water partition coefficient (Wildman–Crippen LogP) is 3.67. The van der Waals surface area contributed by atoms with Crippen molar-refractivity contribution in [1.29, 1.82) is 0 Å². The van der Waals surface area contributed by atoms with Crippen molar-refractivity contribution in [2.75, 3.05) is 0 Å². The highest BCUT2D eigenvalue weighted by atomic mass is 16.4. The molecule has 1 amide bonds. The lowest BCUT2D eigenvalue weighted by molar-refractivity contribution is -0.141. The summed E-state index contributed by atoms with van der Waals surface area (Å²) in [5.41, 5.74) is 2.69. The second-order valence-corrected chi connectivity index (χ2v) is 8.36. The number of carbonyl (C=O) groups excluding carboxylic acids is 1. The summed E-state index contributed by atoms with van der Waals surface area (Å²) >= 11 is 0. The van der Waals surface area contributed by atoms with Crippen molar-refractivity contribution in [2.45, 2.75) is 58.9 Å². The van der Waals surface area contributed by atoms with E-state index in [-0.39, 0.29) is 18.3 Å². The van der Waals surface area contributed by atoms with Crippen LogP contribution in [-0.2, 0) is 21.4 Å². The van der Waals surface area contributed by atoms with Crippen LogP contribution in [-0.4, -0.2) is 23.0 Å². The number of aryl methyl sites for hydroxylation is 1. The van der Waals surface area contributed by atoms with Crippen LogP contribution in [0.1, 0.15) is 50.8 Å². The molecule has 0 unspecified atom stereocenters. The average molecular weight is 399 g/mol. The van der Waals surface area contributed by atoms with Crippen molar-refractivity contribution in [3.8, 4) is 0 Å². The number of rotatable bonds is 5. The van der Waals surface area contributed by atoms with E-state index in [4.69, 9.17) is 13.9 Å². The number of carboxylic acids is 1. The Balaban J connectivity index is 1.98. The van der Waals surface area contributed by atoms with Crippen molar-refractivity contribution in [3.63, 3.8) is 0 Å². The van der Waals surface area contributed by atoms with Gasteiger partial charge in [0.2, 0.25) is 5.91 Å². The van der Waals surface area contributed by atoms with Gasteiger partial charge >= 0.3 is 11.6 Å². The smallest absolute Gasteiger partial charge is 0.339 e. The Morgan fingerprint density at radius 2 is 1.86 bits per heavy atom. The largest absolute Gasteiger partial charge is 0.480 e. The molecule has 0 saturated carbocycles. The van der Waals surface area contributed by atoms with Crippen LogP contribution in [0.5, 0.6) is 0 Å². The fourth-order valence-corrected chi connectivity index (χ4v) is 3.39. The zero-order valence-electron chi connectivity index (χ0n) is 17.2. The van der Waals surface area contributed by atoms with E-state index in [0.29, 0.717) is 16.7 Å². The lowest BCUT2D eigenvalue weighted by Gasteiger charge is -2.16. The van der Waals surface area contributed by atoms with Crippen LogP contribution in [0.15, 0.2) is 32.0 Å². The van der Waals surface area contributed by atoms with Crippen LogP contribution in [0.2, 0.25) is 0 Å². The van der Waals surface area contributed by atoms with E-state index >= 15 is 0 Å². The Labute approximate surface area is 167 Å². The summed E-state index contributed by atoms with van der Waals surface area (Å²) in [5, 5.41) is 13.0. The van der Waals surface area contributed by atoms with Crippen LogP contribution in [0.3, 0.4) is 0 Å². The SMILES string of the molecule is Cc1c(CCC(=O)N[C@H](C)C(=O)O)c(=O)oc2cc3occ(C(C)(C)C)c3cc12. The third-order valence-corrected chi connectivity index (χ3v) is 5.14. The second kappa shape index (κ2) is 7.39. The standard InChI is InChI=1S/C22H25NO6/c1-11-13(6-7-19(24)23-12(2)20(25)26)21(27)29-18-9-17-15(8-14(11)18)16(10-28-17)22(3,4)5/h8-10,12H,6-7H2,1-5H3,(H,23,24)(H,25,26)/t12-/m1/s1. The van der Waals surface area contributed by atoms with Gasteiger partial charge < -0.3 is 19.3 Å². The molecule has 0 spiro atoms. The highest BCUT2D eigenvalue weighted by Crippen LogP contribution is 2.35. The van der Waals surface area contributed by atoms with E-state index in [2.05, 4.69) is 26.1 Å². The average Bonchev–Trinajstić information content (AvgIpc) is 3.03. The summed E-state index contributed by atoms with van der Waals surface area (Å²) in [5.74, 6) is -1.54. The molecular weight excluding hydrogens is 374 g/mol. The maximum atomic E-state index is 12.5. The lowest BCUT2D eigenvalue weighted by Crippen LogP contribution is -2.38. The minimum atomic E-state index is -1.11. The number of fused-ring (bicyclic) bond motifs is 2. The number of carboxylic acid groups (broad SMARTS) is 1. The zero-order valence-corrected chi connectivity index (χ0v) is 17.2. The molecule has 3 rings (SSSR count). The number of hydrogen-bond acceptors (Lipinski definition) is 5. The summed E-state index contributed by atoms with van der Waals surface area (Å²) in [6.45, 7) is 9.51. The molecule has 0 radical (unpaired) electrons. The molecular formula is C22H25NO6. The van der Waals surface area contributed by atoms with Gasteiger partial charge in [0.1, 0.15) is 17.2 Å². The summed E-state index contributed by atoms with van der Waals surface area (Å²) in [6, 6.07) is 2.70. The molecule has 29 heavy (non-hydrogen) atoms. The minimum absolute atomic E-state index is 0.00405. The van der Waals surface area contributed by atoms with E-state index in [1.165, 1.54) is 6.92 Å². The van der Waals surface area contributed by atoms with Crippen LogP contribution in [0.4, 0.5) is 0 Å². The normalized spacial score (nSPS) is 13.0. The molecule has 7 nitrogen and oxygen atoms in total. The van der Waals surface area contributed by atoms with E-state index in [1.54, 1.807) is 12.3 Å². The van der Waals surface area contributed by atoms with Gasteiger partial charge in [-0.2, -0.15) is 0 Å². The van der Waals surface area contributed by atoms with Gasteiger partial charge in [0.05, 0.1) is 6.26 Å². The Bertz CT molecular complexity index is 1160. The monoisotopic (exact) mass is 399 g/mol. The second-order valence-electron chi connectivity index (χ2n) is 8.36. The quantitative estimate of drug-likeness (QED) is 0.634. The van der Waals surface area contributed by atoms with Crippen LogP contribution >= 0.6 is 0 Å². The molecule has 2 heterocycles. The molecule has 7 heteroatoms. The Kier molecular flexibility index (Phi) is 5.26. The topological polar surface area (TPSA) is 110 Å². The predicted molar refractivity (Wildman–Crippen MR) is 109 cm³/mol. The molecule has 3 aromatic rings. The molecule has 0 aliphatic carbocycles. The van der Waals surface area contributed by atoms with Crippen molar-refractivity contribution < 1.29 is 23.5 Å². The van der Waals surface area contributed by atoms with E-state index in [1.807, 2.05) is 13.0 Å². The maximum Gasteiger partial charge on any atom is 0.339 e. The van der Waals surface area contributed by atoms with E-state index in [9.17, 15) is 14.4 Å². The molecule has 0 saturated heterocycles. The molecule has 0 fully saturated rings. The molecule has 2 aromatic heterocycles. The molecule has 2 N–H and O–H groups in total. The summed E-state index contributed by atoms with van der Waals surface area (Å²) in [6.07, 6.45) is 1.89. The van der Waals surface area contributed by atoms with Crippen LogP contribution in [0, 0.1) is 6.92 Å². The molecule has 154 valence electrons. The molecule has 0 aliphatic rings. The third-order valence-electron chi connectivity index (χ3n) is 5.14. The first-order chi connectivity index (χ1) is 13.5. The third kappa shape index (κ3) is 4.04. The molecule has 0 bridgehead atoms. The summed E-state index contributed by atoms with van der Waals surface area (Å²) in [7, 11) is 0. The number of aliphatic carboxylic acids is 1. The van der Waals surface area contributed by atoms with Gasteiger partial charge in [0, 0.05) is 34.4 Å². The highest BCUT2D eigenvalue weighted by molar-refractivity contribution is 5.97. The zero-order chi connectivity index (χ0) is 21.5. The first-order valence-electron chi connectivity index (χ1n) is 9.49. The first kappa shape index (κ1) is 20.6. The van der Waals surface area contributed by atoms with Crippen molar-refractivity contribution >= 4 is 33.8 Å². The Hall–Kier alpha value is -3.09. The lowest BCUT2D eigenvalue weighted by atomic mass is 9.86. The van der Waals surface area contributed by atoms with Gasteiger partial charge in [-0.05, 0) is 37.3 Å². The summed E-state index contributed by atoms with van der Waals surface area (Å²) in [4.78, 5) is 35.3. The minimum Gasteiger partial charge on any atom is -0.480 e. The Morgan fingerprint density at radius 1 is 1.17 bits per heavy atom. The van der Waals surface area contributed by atoms with Gasteiger partial charge in [0.25, 0.3) is 0 Å². The Morgan fingerprint density at radius 3 is 2.48 bits per heavy atom. The molecule has 1 aromatic carbocycles. The highest BCUT2D eigenvalue weighted by Gasteiger charge is 2.22. The number of hydrogen-bond donors (Lipinski definition) is 2. The van der Waals surface area contributed by atoms with Gasteiger partial charge in [-0.3, -0.25) is 9.59 Å². The van der Waals surface area contributed by atoms with E-state index in [0.717, 1.165) is 21.9 Å². The van der Waals surface area contributed by atoms with Crippen LogP contribution < -0.4 is 10.9 Å². The van der Waals surface area contributed by atoms with Gasteiger partial charge in [-0.1, -0.05) is 20.8 Å². The van der Waals surface area contributed by atoms with Crippen molar-refractivity contribution in [3.05, 3.63) is 45.5 Å². The maximum absolute atomic E-state index is 12.5. The fourth-order valence-electron chi connectivity index (χ4n) is 3.39. The number of benzene rings is 1. The van der Waals surface area contributed by atoms with Crippen LogP contribution in [0.25, 0.3) is 21.9 Å². The van der Waals surface area contributed by atoms with Crippen molar-refractivity contribution in [1.82, 2.24) is 5.32 Å². The van der Waals surface area contributed by atoms with Gasteiger partial charge in [-0.15, -0.1) is 0 Å². The molecule has 1 atom stereocenters. The van der Waals surface area contributed by atoms with E-state index < -0.39 is 23.5 Å². The number of nitrogens with one attached hydrogen (secondary N) is 1. The number of amides is 1. The van der Waals surface area contributed by atoms with Crippen molar-refractivity contribution in [2.24, 2.45) is 0 Å². The van der Waals surface area contributed by atoms with Gasteiger partial charge in [-0.25, -0.2) is 4.79 Å². The fraction of sp³-hybridized carbons (Fsp3) is 0.409. The molecule has 0 aliphatic heterocycles.